The number of hydrogen-bond donors (Lipinski definition) is 1. The molecule has 1 saturated heterocycles. The second-order valence-corrected chi connectivity index (χ2v) is 5.93. The third-order valence-corrected chi connectivity index (χ3v) is 3.71. The van der Waals surface area contributed by atoms with E-state index in [4.69, 9.17) is 9.72 Å². The summed E-state index contributed by atoms with van der Waals surface area (Å²) in [6.45, 7) is 11.9. The zero-order valence-corrected chi connectivity index (χ0v) is 12.7. The van der Waals surface area contributed by atoms with Gasteiger partial charge in [-0.3, -0.25) is 0 Å². The lowest BCUT2D eigenvalue weighted by Crippen LogP contribution is -2.54. The van der Waals surface area contributed by atoms with Crippen molar-refractivity contribution in [1.29, 1.82) is 0 Å². The molecule has 0 saturated carbocycles. The van der Waals surface area contributed by atoms with Crippen LogP contribution in [0.4, 0.5) is 5.82 Å². The van der Waals surface area contributed by atoms with E-state index in [2.05, 4.69) is 44.0 Å². The van der Waals surface area contributed by atoms with Crippen LogP contribution < -0.4 is 10.2 Å². The molecule has 0 spiro atoms. The van der Waals surface area contributed by atoms with E-state index in [1.54, 1.807) is 0 Å². The van der Waals surface area contributed by atoms with E-state index in [1.807, 2.05) is 7.05 Å². The van der Waals surface area contributed by atoms with Crippen LogP contribution in [0.3, 0.4) is 0 Å². The molecule has 0 unspecified atom stereocenters. The number of pyridine rings is 1. The SMILES string of the molecule is CNCc1c(C)cc(C)nc1N1CCOCC1(C)C. The van der Waals surface area contributed by atoms with Crippen molar-refractivity contribution in [2.24, 2.45) is 0 Å². The molecule has 0 bridgehead atoms. The molecule has 4 nitrogen and oxygen atoms in total. The number of aryl methyl sites for hydroxylation is 2. The Labute approximate surface area is 116 Å². The van der Waals surface area contributed by atoms with Crippen LogP contribution in [0, 0.1) is 13.8 Å². The fourth-order valence-corrected chi connectivity index (χ4v) is 2.71. The van der Waals surface area contributed by atoms with Crippen LogP contribution in [0.25, 0.3) is 0 Å². The minimum absolute atomic E-state index is 0.00598. The maximum absolute atomic E-state index is 5.61. The molecule has 106 valence electrons. The summed E-state index contributed by atoms with van der Waals surface area (Å²) < 4.78 is 5.61. The first-order valence-corrected chi connectivity index (χ1v) is 6.93. The molecule has 1 aromatic rings. The summed E-state index contributed by atoms with van der Waals surface area (Å²) in [6, 6.07) is 2.16. The van der Waals surface area contributed by atoms with Gasteiger partial charge in [-0.1, -0.05) is 0 Å². The molecule has 2 rings (SSSR count). The standard InChI is InChI=1S/C15H25N3O/c1-11-8-12(2)17-14(13(11)9-16-5)18-6-7-19-10-15(18,3)4/h8,16H,6-7,9-10H2,1-5H3. The van der Waals surface area contributed by atoms with Gasteiger partial charge in [0.15, 0.2) is 0 Å². The highest BCUT2D eigenvalue weighted by atomic mass is 16.5. The Bertz CT molecular complexity index is 457. The average Bonchev–Trinajstić information content (AvgIpc) is 2.32. The number of rotatable bonds is 3. The number of anilines is 1. The monoisotopic (exact) mass is 263 g/mol. The van der Waals surface area contributed by atoms with Crippen molar-refractivity contribution in [1.82, 2.24) is 10.3 Å². The molecule has 4 heteroatoms. The summed E-state index contributed by atoms with van der Waals surface area (Å²) in [7, 11) is 1.98. The van der Waals surface area contributed by atoms with Gasteiger partial charge in [-0.25, -0.2) is 4.98 Å². The van der Waals surface area contributed by atoms with Gasteiger partial charge in [-0.2, -0.15) is 0 Å². The van der Waals surface area contributed by atoms with E-state index in [0.717, 1.165) is 37.8 Å². The topological polar surface area (TPSA) is 37.4 Å². The van der Waals surface area contributed by atoms with Crippen LogP contribution in [0.2, 0.25) is 0 Å². The minimum Gasteiger partial charge on any atom is -0.377 e. The maximum atomic E-state index is 5.61. The molecule has 1 N–H and O–H groups in total. The lowest BCUT2D eigenvalue weighted by molar-refractivity contribution is 0.0637. The summed E-state index contributed by atoms with van der Waals surface area (Å²) in [5, 5.41) is 3.25. The first-order chi connectivity index (χ1) is 8.95. The van der Waals surface area contributed by atoms with Crippen molar-refractivity contribution in [3.63, 3.8) is 0 Å². The number of nitrogens with zero attached hydrogens (tertiary/aromatic N) is 2. The maximum Gasteiger partial charge on any atom is 0.134 e. The van der Waals surface area contributed by atoms with Crippen molar-refractivity contribution >= 4 is 5.82 Å². The minimum atomic E-state index is -0.00598. The highest BCUT2D eigenvalue weighted by Crippen LogP contribution is 2.30. The molecule has 0 aromatic carbocycles. The van der Waals surface area contributed by atoms with Gasteiger partial charge in [-0.15, -0.1) is 0 Å². The van der Waals surface area contributed by atoms with Crippen LogP contribution >= 0.6 is 0 Å². The molecule has 0 atom stereocenters. The van der Waals surface area contributed by atoms with Crippen molar-refractivity contribution in [3.8, 4) is 0 Å². The third-order valence-electron chi connectivity index (χ3n) is 3.71. The highest BCUT2D eigenvalue weighted by molar-refractivity contribution is 5.53. The molecule has 0 radical (unpaired) electrons. The fourth-order valence-electron chi connectivity index (χ4n) is 2.71. The Kier molecular flexibility index (Phi) is 4.11. The Morgan fingerprint density at radius 2 is 2.16 bits per heavy atom. The Balaban J connectivity index is 2.47. The number of morpholine rings is 1. The van der Waals surface area contributed by atoms with E-state index in [1.165, 1.54) is 11.1 Å². The predicted octanol–water partition coefficient (Wildman–Crippen LogP) is 2.03. The Hall–Kier alpha value is -1.13. The summed E-state index contributed by atoms with van der Waals surface area (Å²) in [5.74, 6) is 1.11. The van der Waals surface area contributed by atoms with Crippen LogP contribution in [0.5, 0.6) is 0 Å². The van der Waals surface area contributed by atoms with Gasteiger partial charge >= 0.3 is 0 Å². The van der Waals surface area contributed by atoms with Crippen LogP contribution in [0.1, 0.15) is 30.7 Å². The van der Waals surface area contributed by atoms with E-state index in [-0.39, 0.29) is 5.54 Å². The van der Waals surface area contributed by atoms with Gasteiger partial charge in [0.25, 0.3) is 0 Å². The summed E-state index contributed by atoms with van der Waals surface area (Å²) >= 11 is 0. The van der Waals surface area contributed by atoms with E-state index < -0.39 is 0 Å². The van der Waals surface area contributed by atoms with Crippen molar-refractivity contribution < 1.29 is 4.74 Å². The third kappa shape index (κ3) is 2.90. The summed E-state index contributed by atoms with van der Waals surface area (Å²) in [4.78, 5) is 7.19. The van der Waals surface area contributed by atoms with Crippen LogP contribution in [-0.2, 0) is 11.3 Å². The molecule has 0 amide bonds. The number of nitrogens with one attached hydrogen (secondary N) is 1. The molecule has 1 aromatic heterocycles. The summed E-state index contributed by atoms with van der Waals surface area (Å²) in [5.41, 5.74) is 3.67. The van der Waals surface area contributed by atoms with Crippen molar-refractivity contribution in [3.05, 3.63) is 22.9 Å². The largest absolute Gasteiger partial charge is 0.377 e. The van der Waals surface area contributed by atoms with Gasteiger partial charge in [0.1, 0.15) is 5.82 Å². The number of aromatic nitrogens is 1. The van der Waals surface area contributed by atoms with Gasteiger partial charge in [0, 0.05) is 24.3 Å². The second kappa shape index (κ2) is 5.47. The molecule has 0 aliphatic carbocycles. The molecule has 2 heterocycles. The van der Waals surface area contributed by atoms with Crippen molar-refractivity contribution in [2.45, 2.75) is 39.8 Å². The lowest BCUT2D eigenvalue weighted by Gasteiger charge is -2.44. The first kappa shape index (κ1) is 14.3. The van der Waals surface area contributed by atoms with Gasteiger partial charge in [0.05, 0.1) is 18.8 Å². The summed E-state index contributed by atoms with van der Waals surface area (Å²) in [6.07, 6.45) is 0. The highest BCUT2D eigenvalue weighted by Gasteiger charge is 2.33. The van der Waals surface area contributed by atoms with Gasteiger partial charge in [-0.05, 0) is 46.4 Å². The first-order valence-electron chi connectivity index (χ1n) is 6.93. The number of ether oxygens (including phenoxy) is 1. The van der Waals surface area contributed by atoms with E-state index in [9.17, 15) is 0 Å². The molecular weight excluding hydrogens is 238 g/mol. The predicted molar refractivity (Wildman–Crippen MR) is 78.7 cm³/mol. The normalized spacial score (nSPS) is 18.7. The number of hydrogen-bond acceptors (Lipinski definition) is 4. The van der Waals surface area contributed by atoms with E-state index in [0.29, 0.717) is 0 Å². The molecule has 1 aliphatic rings. The van der Waals surface area contributed by atoms with Crippen LogP contribution in [-0.4, -0.2) is 37.3 Å². The zero-order chi connectivity index (χ0) is 14.0. The van der Waals surface area contributed by atoms with E-state index >= 15 is 0 Å². The van der Waals surface area contributed by atoms with Crippen LogP contribution in [0.15, 0.2) is 6.07 Å². The van der Waals surface area contributed by atoms with Crippen molar-refractivity contribution in [2.75, 3.05) is 31.7 Å². The quantitative estimate of drug-likeness (QED) is 0.905. The van der Waals surface area contributed by atoms with Gasteiger partial charge in [0.2, 0.25) is 0 Å². The molecule has 1 fully saturated rings. The molecule has 19 heavy (non-hydrogen) atoms. The molecule has 1 aliphatic heterocycles. The Morgan fingerprint density at radius 3 is 2.79 bits per heavy atom. The average molecular weight is 263 g/mol. The second-order valence-electron chi connectivity index (χ2n) is 5.93. The smallest absolute Gasteiger partial charge is 0.134 e. The Morgan fingerprint density at radius 1 is 1.42 bits per heavy atom. The zero-order valence-electron chi connectivity index (χ0n) is 12.7. The fraction of sp³-hybridized carbons (Fsp3) is 0.667. The molecular formula is C15H25N3O. The van der Waals surface area contributed by atoms with Gasteiger partial charge < -0.3 is 15.0 Å². The lowest BCUT2D eigenvalue weighted by atomic mass is 10.00.